The van der Waals surface area contributed by atoms with Gasteiger partial charge in [-0.25, -0.2) is 4.98 Å². The molecular formula is C16H22N2OS. The van der Waals surface area contributed by atoms with Crippen LogP contribution in [0.5, 0.6) is 0 Å². The molecule has 20 heavy (non-hydrogen) atoms. The first-order chi connectivity index (χ1) is 9.83. The fraction of sp³-hybridized carbons (Fsp3) is 0.562. The van der Waals surface area contributed by atoms with Crippen molar-refractivity contribution in [3.8, 4) is 10.8 Å². The van der Waals surface area contributed by atoms with Crippen LogP contribution in [0.25, 0.3) is 10.8 Å². The molecule has 1 unspecified atom stereocenters. The van der Waals surface area contributed by atoms with Crippen LogP contribution >= 0.6 is 11.3 Å². The number of rotatable bonds is 5. The highest BCUT2D eigenvalue weighted by atomic mass is 32.1. The van der Waals surface area contributed by atoms with E-state index in [-0.39, 0.29) is 0 Å². The van der Waals surface area contributed by atoms with Gasteiger partial charge in [-0.05, 0) is 37.1 Å². The lowest BCUT2D eigenvalue weighted by molar-refractivity contribution is 0.280. The van der Waals surface area contributed by atoms with Gasteiger partial charge >= 0.3 is 0 Å². The van der Waals surface area contributed by atoms with Crippen molar-refractivity contribution in [2.24, 2.45) is 5.92 Å². The number of nitrogens with zero attached hydrogens (tertiary/aromatic N) is 1. The second-order valence-corrected chi connectivity index (χ2v) is 6.64. The first-order valence-corrected chi connectivity index (χ1v) is 8.42. The summed E-state index contributed by atoms with van der Waals surface area (Å²) in [5, 5.41) is 5.65. The van der Waals surface area contributed by atoms with Crippen LogP contribution in [0.2, 0.25) is 0 Å². The Labute approximate surface area is 124 Å². The second-order valence-electron chi connectivity index (χ2n) is 5.69. The van der Waals surface area contributed by atoms with Crippen LogP contribution in [0.15, 0.2) is 28.2 Å². The standard InChI is InChI=1S/C16H22N2OS/c1-12(13-6-3-2-4-7-13)17-10-14-11-19-16(18-14)15-8-5-9-20-15/h5,8-9,11-13,17H,2-4,6-7,10H2,1H3. The Bertz CT molecular complexity index is 514. The maximum Gasteiger partial charge on any atom is 0.236 e. The monoisotopic (exact) mass is 290 g/mol. The van der Waals surface area contributed by atoms with Crippen LogP contribution in [0.4, 0.5) is 0 Å². The van der Waals surface area contributed by atoms with Crippen LogP contribution in [0.3, 0.4) is 0 Å². The van der Waals surface area contributed by atoms with Gasteiger partial charge in [-0.1, -0.05) is 25.3 Å². The van der Waals surface area contributed by atoms with Gasteiger partial charge in [0.1, 0.15) is 6.26 Å². The highest BCUT2D eigenvalue weighted by molar-refractivity contribution is 7.13. The molecule has 0 bridgehead atoms. The summed E-state index contributed by atoms with van der Waals surface area (Å²) >= 11 is 1.66. The third-order valence-electron chi connectivity index (χ3n) is 4.25. The predicted octanol–water partition coefficient (Wildman–Crippen LogP) is 4.46. The van der Waals surface area contributed by atoms with Gasteiger partial charge in [-0.3, -0.25) is 0 Å². The summed E-state index contributed by atoms with van der Waals surface area (Å²) in [5.74, 6) is 1.56. The Kier molecular flexibility index (Phi) is 4.53. The van der Waals surface area contributed by atoms with Crippen molar-refractivity contribution in [2.45, 2.75) is 51.6 Å². The molecule has 0 radical (unpaired) electrons. The molecule has 0 aliphatic heterocycles. The van der Waals surface area contributed by atoms with Gasteiger partial charge in [0.05, 0.1) is 10.6 Å². The topological polar surface area (TPSA) is 38.1 Å². The molecule has 0 amide bonds. The van der Waals surface area contributed by atoms with Crippen molar-refractivity contribution in [3.63, 3.8) is 0 Å². The van der Waals surface area contributed by atoms with E-state index >= 15 is 0 Å². The summed E-state index contributed by atoms with van der Waals surface area (Å²) in [4.78, 5) is 5.65. The fourth-order valence-electron chi connectivity index (χ4n) is 2.97. The van der Waals surface area contributed by atoms with E-state index in [0.717, 1.165) is 28.9 Å². The average molecular weight is 290 g/mol. The molecule has 3 rings (SSSR count). The van der Waals surface area contributed by atoms with E-state index in [1.807, 2.05) is 17.5 Å². The van der Waals surface area contributed by atoms with E-state index in [4.69, 9.17) is 4.42 Å². The summed E-state index contributed by atoms with van der Waals surface area (Å²) in [6, 6.07) is 4.63. The van der Waals surface area contributed by atoms with Crippen LogP contribution < -0.4 is 5.32 Å². The summed E-state index contributed by atoms with van der Waals surface area (Å²) in [6.07, 6.45) is 8.71. The summed E-state index contributed by atoms with van der Waals surface area (Å²) in [5.41, 5.74) is 0.996. The second kappa shape index (κ2) is 6.55. The third-order valence-corrected chi connectivity index (χ3v) is 5.10. The molecule has 1 aliphatic rings. The van der Waals surface area contributed by atoms with Crippen molar-refractivity contribution >= 4 is 11.3 Å². The van der Waals surface area contributed by atoms with Crippen molar-refractivity contribution in [1.82, 2.24) is 10.3 Å². The van der Waals surface area contributed by atoms with Crippen LogP contribution in [0.1, 0.15) is 44.7 Å². The van der Waals surface area contributed by atoms with E-state index in [1.54, 1.807) is 17.6 Å². The SMILES string of the molecule is CC(NCc1coc(-c2cccs2)n1)C1CCCCC1. The molecule has 1 aliphatic carbocycles. The number of aromatic nitrogens is 1. The Morgan fingerprint density at radius 3 is 3.00 bits per heavy atom. The molecule has 1 N–H and O–H groups in total. The molecule has 2 aromatic heterocycles. The first kappa shape index (κ1) is 13.8. The van der Waals surface area contributed by atoms with Gasteiger partial charge < -0.3 is 9.73 Å². The van der Waals surface area contributed by atoms with Gasteiger partial charge in [-0.15, -0.1) is 11.3 Å². The van der Waals surface area contributed by atoms with Crippen molar-refractivity contribution in [3.05, 3.63) is 29.5 Å². The maximum atomic E-state index is 5.55. The van der Waals surface area contributed by atoms with E-state index in [9.17, 15) is 0 Å². The van der Waals surface area contributed by atoms with Crippen molar-refractivity contribution < 1.29 is 4.42 Å². The number of hydrogen-bond acceptors (Lipinski definition) is 4. The normalized spacial score (nSPS) is 18.2. The minimum Gasteiger partial charge on any atom is -0.444 e. The van der Waals surface area contributed by atoms with Gasteiger partial charge in [-0.2, -0.15) is 0 Å². The minimum atomic E-state index is 0.567. The largest absolute Gasteiger partial charge is 0.444 e. The molecule has 4 heteroatoms. The number of hydrogen-bond donors (Lipinski definition) is 1. The van der Waals surface area contributed by atoms with Gasteiger partial charge in [0, 0.05) is 12.6 Å². The van der Waals surface area contributed by atoms with Crippen molar-refractivity contribution in [1.29, 1.82) is 0 Å². The Balaban J connectivity index is 1.53. The molecule has 2 aromatic rings. The van der Waals surface area contributed by atoms with E-state index < -0.39 is 0 Å². The van der Waals surface area contributed by atoms with E-state index in [0.29, 0.717) is 6.04 Å². The van der Waals surface area contributed by atoms with E-state index in [2.05, 4.69) is 17.2 Å². The molecule has 1 atom stereocenters. The zero-order valence-electron chi connectivity index (χ0n) is 12.0. The summed E-state index contributed by atoms with van der Waals surface area (Å²) in [6.45, 7) is 3.10. The van der Waals surface area contributed by atoms with Crippen LogP contribution in [-0.4, -0.2) is 11.0 Å². The lowest BCUT2D eigenvalue weighted by Gasteiger charge is -2.28. The van der Waals surface area contributed by atoms with Crippen LogP contribution in [0, 0.1) is 5.92 Å². The molecule has 0 saturated heterocycles. The molecule has 0 spiro atoms. The smallest absolute Gasteiger partial charge is 0.236 e. The maximum absolute atomic E-state index is 5.55. The number of oxazole rings is 1. The molecule has 1 saturated carbocycles. The van der Waals surface area contributed by atoms with Crippen LogP contribution in [-0.2, 0) is 6.54 Å². The highest BCUT2D eigenvalue weighted by Crippen LogP contribution is 2.27. The Morgan fingerprint density at radius 1 is 1.40 bits per heavy atom. The number of thiophene rings is 1. The Hall–Kier alpha value is -1.13. The Morgan fingerprint density at radius 2 is 2.25 bits per heavy atom. The minimum absolute atomic E-state index is 0.567. The summed E-state index contributed by atoms with van der Waals surface area (Å²) < 4.78 is 5.55. The van der Waals surface area contributed by atoms with Gasteiger partial charge in [0.25, 0.3) is 0 Å². The molecule has 0 aromatic carbocycles. The molecular weight excluding hydrogens is 268 g/mol. The lowest BCUT2D eigenvalue weighted by atomic mass is 9.84. The fourth-order valence-corrected chi connectivity index (χ4v) is 3.62. The first-order valence-electron chi connectivity index (χ1n) is 7.54. The average Bonchev–Trinajstić information content (AvgIpc) is 3.16. The third kappa shape index (κ3) is 3.30. The highest BCUT2D eigenvalue weighted by Gasteiger charge is 2.19. The molecule has 108 valence electrons. The quantitative estimate of drug-likeness (QED) is 0.883. The number of nitrogens with one attached hydrogen (secondary N) is 1. The lowest BCUT2D eigenvalue weighted by Crippen LogP contribution is -2.34. The summed E-state index contributed by atoms with van der Waals surface area (Å²) in [7, 11) is 0. The molecule has 2 heterocycles. The molecule has 3 nitrogen and oxygen atoms in total. The van der Waals surface area contributed by atoms with Gasteiger partial charge in [0.15, 0.2) is 0 Å². The zero-order valence-corrected chi connectivity index (χ0v) is 12.8. The molecule has 1 fully saturated rings. The van der Waals surface area contributed by atoms with Crippen molar-refractivity contribution in [2.75, 3.05) is 0 Å². The predicted molar refractivity (Wildman–Crippen MR) is 82.7 cm³/mol. The van der Waals surface area contributed by atoms with Gasteiger partial charge in [0.2, 0.25) is 5.89 Å². The zero-order chi connectivity index (χ0) is 13.8. The van der Waals surface area contributed by atoms with E-state index in [1.165, 1.54) is 32.1 Å².